The fraction of sp³-hybridized carbons (Fsp3) is 0.231. The first-order valence-electron chi connectivity index (χ1n) is 6.08. The molecule has 1 aromatic carbocycles. The van der Waals surface area contributed by atoms with Crippen molar-refractivity contribution in [1.29, 1.82) is 0 Å². The Morgan fingerprint density at radius 2 is 1.80 bits per heavy atom. The Labute approximate surface area is 114 Å². The van der Waals surface area contributed by atoms with Crippen molar-refractivity contribution in [2.24, 2.45) is 0 Å². The van der Waals surface area contributed by atoms with Gasteiger partial charge in [-0.15, -0.1) is 0 Å². The van der Waals surface area contributed by atoms with Crippen molar-refractivity contribution >= 4 is 17.3 Å². The van der Waals surface area contributed by atoms with Gasteiger partial charge in [0.15, 0.2) is 17.5 Å². The second-order valence-electron chi connectivity index (χ2n) is 4.06. The van der Waals surface area contributed by atoms with Crippen molar-refractivity contribution in [2.75, 3.05) is 17.2 Å². The average Bonchev–Trinajstić information content (AvgIpc) is 2.46. The van der Waals surface area contributed by atoms with Gasteiger partial charge in [-0.25, -0.2) is 23.1 Å². The van der Waals surface area contributed by atoms with Gasteiger partial charge in [-0.05, 0) is 18.6 Å². The van der Waals surface area contributed by atoms with Crippen LogP contribution in [0.4, 0.5) is 30.5 Å². The van der Waals surface area contributed by atoms with Gasteiger partial charge in [0.05, 0.1) is 5.69 Å². The van der Waals surface area contributed by atoms with Gasteiger partial charge in [-0.2, -0.15) is 0 Å². The van der Waals surface area contributed by atoms with Crippen LogP contribution in [0.15, 0.2) is 24.5 Å². The molecule has 0 fully saturated rings. The molecule has 106 valence electrons. The van der Waals surface area contributed by atoms with E-state index < -0.39 is 17.5 Å². The number of halogens is 3. The van der Waals surface area contributed by atoms with Gasteiger partial charge in [0, 0.05) is 12.6 Å². The smallest absolute Gasteiger partial charge is 0.196 e. The number of anilines is 3. The average molecular weight is 282 g/mol. The lowest BCUT2D eigenvalue weighted by Gasteiger charge is -2.09. The van der Waals surface area contributed by atoms with Crippen LogP contribution < -0.4 is 10.6 Å². The van der Waals surface area contributed by atoms with E-state index >= 15 is 0 Å². The summed E-state index contributed by atoms with van der Waals surface area (Å²) in [5.41, 5.74) is -0.191. The Balaban J connectivity index is 2.20. The van der Waals surface area contributed by atoms with Gasteiger partial charge in [0.2, 0.25) is 0 Å². The molecule has 0 bridgehead atoms. The SMILES string of the molecule is CCCNc1cc(Nc2ccc(F)c(F)c2F)ncn1. The minimum absolute atomic E-state index is 0.191. The topological polar surface area (TPSA) is 49.8 Å². The van der Waals surface area contributed by atoms with Crippen molar-refractivity contribution in [2.45, 2.75) is 13.3 Å². The molecule has 0 aliphatic carbocycles. The molecule has 1 aromatic heterocycles. The molecule has 0 atom stereocenters. The van der Waals surface area contributed by atoms with Crippen LogP contribution in [0, 0.1) is 17.5 Å². The summed E-state index contributed by atoms with van der Waals surface area (Å²) < 4.78 is 39.4. The van der Waals surface area contributed by atoms with Crippen molar-refractivity contribution in [3.05, 3.63) is 42.0 Å². The number of aromatic nitrogens is 2. The maximum atomic E-state index is 13.5. The molecule has 0 unspecified atom stereocenters. The van der Waals surface area contributed by atoms with Crippen molar-refractivity contribution in [1.82, 2.24) is 9.97 Å². The van der Waals surface area contributed by atoms with Gasteiger partial charge in [-0.1, -0.05) is 6.92 Å². The molecule has 0 radical (unpaired) electrons. The third-order valence-electron chi connectivity index (χ3n) is 2.52. The van der Waals surface area contributed by atoms with E-state index in [1.165, 1.54) is 6.33 Å². The van der Waals surface area contributed by atoms with Crippen LogP contribution in [0.1, 0.15) is 13.3 Å². The summed E-state index contributed by atoms with van der Waals surface area (Å²) in [5.74, 6) is -3.20. The van der Waals surface area contributed by atoms with E-state index in [0.29, 0.717) is 5.82 Å². The van der Waals surface area contributed by atoms with E-state index in [2.05, 4.69) is 20.6 Å². The van der Waals surface area contributed by atoms with E-state index in [1.54, 1.807) is 6.07 Å². The molecule has 20 heavy (non-hydrogen) atoms. The first-order valence-corrected chi connectivity index (χ1v) is 6.08. The Hall–Kier alpha value is -2.31. The lowest BCUT2D eigenvalue weighted by Crippen LogP contribution is -2.04. The summed E-state index contributed by atoms with van der Waals surface area (Å²) in [4.78, 5) is 7.87. The highest BCUT2D eigenvalue weighted by Crippen LogP contribution is 2.23. The number of nitrogens with one attached hydrogen (secondary N) is 2. The zero-order chi connectivity index (χ0) is 14.5. The maximum Gasteiger partial charge on any atom is 0.196 e. The predicted molar refractivity (Wildman–Crippen MR) is 70.4 cm³/mol. The van der Waals surface area contributed by atoms with Crippen LogP contribution >= 0.6 is 0 Å². The first kappa shape index (κ1) is 14.1. The van der Waals surface area contributed by atoms with Gasteiger partial charge in [0.25, 0.3) is 0 Å². The number of hydrogen-bond acceptors (Lipinski definition) is 4. The second-order valence-corrected chi connectivity index (χ2v) is 4.06. The molecule has 0 aliphatic rings. The lowest BCUT2D eigenvalue weighted by molar-refractivity contribution is 0.449. The van der Waals surface area contributed by atoms with E-state index in [0.717, 1.165) is 25.1 Å². The van der Waals surface area contributed by atoms with Gasteiger partial charge in [0.1, 0.15) is 18.0 Å². The first-order chi connectivity index (χ1) is 9.61. The van der Waals surface area contributed by atoms with Crippen LogP contribution in [0.3, 0.4) is 0 Å². The molecule has 0 amide bonds. The summed E-state index contributed by atoms with van der Waals surface area (Å²) in [5, 5.41) is 5.62. The lowest BCUT2D eigenvalue weighted by atomic mass is 10.3. The van der Waals surface area contributed by atoms with E-state index in [-0.39, 0.29) is 11.5 Å². The number of benzene rings is 1. The van der Waals surface area contributed by atoms with Crippen molar-refractivity contribution < 1.29 is 13.2 Å². The van der Waals surface area contributed by atoms with Gasteiger partial charge >= 0.3 is 0 Å². The highest BCUT2D eigenvalue weighted by Gasteiger charge is 2.13. The molecule has 1 heterocycles. The molecule has 2 rings (SSSR count). The number of hydrogen-bond donors (Lipinski definition) is 2. The Morgan fingerprint density at radius 3 is 2.55 bits per heavy atom. The zero-order valence-electron chi connectivity index (χ0n) is 10.8. The van der Waals surface area contributed by atoms with Crippen LogP contribution in [0.5, 0.6) is 0 Å². The monoisotopic (exact) mass is 282 g/mol. The molecule has 7 heteroatoms. The molecule has 0 saturated carbocycles. The summed E-state index contributed by atoms with van der Waals surface area (Å²) in [7, 11) is 0. The van der Waals surface area contributed by atoms with E-state index in [4.69, 9.17) is 0 Å². The van der Waals surface area contributed by atoms with Crippen LogP contribution in [-0.2, 0) is 0 Å². The van der Waals surface area contributed by atoms with Crippen molar-refractivity contribution in [3.8, 4) is 0 Å². The molecule has 0 spiro atoms. The summed E-state index contributed by atoms with van der Waals surface area (Å²) in [6, 6.07) is 3.50. The largest absolute Gasteiger partial charge is 0.370 e. The molecular weight excluding hydrogens is 269 g/mol. The zero-order valence-corrected chi connectivity index (χ0v) is 10.8. The van der Waals surface area contributed by atoms with Gasteiger partial charge < -0.3 is 10.6 Å². The third-order valence-corrected chi connectivity index (χ3v) is 2.52. The quantitative estimate of drug-likeness (QED) is 0.825. The Morgan fingerprint density at radius 1 is 1.05 bits per heavy atom. The summed E-state index contributed by atoms with van der Waals surface area (Å²) in [6.45, 7) is 2.74. The van der Waals surface area contributed by atoms with Gasteiger partial charge in [-0.3, -0.25) is 0 Å². The maximum absolute atomic E-state index is 13.5. The van der Waals surface area contributed by atoms with Crippen molar-refractivity contribution in [3.63, 3.8) is 0 Å². The van der Waals surface area contributed by atoms with E-state index in [9.17, 15) is 13.2 Å². The predicted octanol–water partition coefficient (Wildman–Crippen LogP) is 3.46. The third kappa shape index (κ3) is 3.17. The molecule has 2 N–H and O–H groups in total. The highest BCUT2D eigenvalue weighted by atomic mass is 19.2. The number of nitrogens with zero attached hydrogens (tertiary/aromatic N) is 2. The second kappa shape index (κ2) is 6.23. The molecule has 0 saturated heterocycles. The summed E-state index contributed by atoms with van der Waals surface area (Å²) in [6.07, 6.45) is 2.21. The standard InChI is InChI=1S/C13H13F3N4/c1-2-5-17-10-6-11(19-7-18-10)20-9-4-3-8(14)12(15)13(9)16/h3-4,6-7H,2,5H2,1H3,(H2,17,18,19,20). The highest BCUT2D eigenvalue weighted by molar-refractivity contribution is 5.59. The Kier molecular flexibility index (Phi) is 4.39. The van der Waals surface area contributed by atoms with Crippen LogP contribution in [0.25, 0.3) is 0 Å². The molecule has 2 aromatic rings. The minimum Gasteiger partial charge on any atom is -0.370 e. The Bertz CT molecular complexity index is 604. The minimum atomic E-state index is -1.52. The summed E-state index contributed by atoms with van der Waals surface area (Å²) >= 11 is 0. The van der Waals surface area contributed by atoms with Crippen LogP contribution in [0.2, 0.25) is 0 Å². The van der Waals surface area contributed by atoms with Crippen LogP contribution in [-0.4, -0.2) is 16.5 Å². The normalized spacial score (nSPS) is 10.4. The molecular formula is C13H13F3N4. The fourth-order valence-corrected chi connectivity index (χ4v) is 1.54. The molecule has 4 nitrogen and oxygen atoms in total. The molecule has 0 aliphatic heterocycles. The fourth-order valence-electron chi connectivity index (χ4n) is 1.54. The number of rotatable bonds is 5. The van der Waals surface area contributed by atoms with E-state index in [1.807, 2.05) is 6.92 Å².